The van der Waals surface area contributed by atoms with Crippen LogP contribution in [0.2, 0.25) is 0 Å². The van der Waals surface area contributed by atoms with Gasteiger partial charge in [0.05, 0.1) is 0 Å². The van der Waals surface area contributed by atoms with Crippen LogP contribution in [0.3, 0.4) is 0 Å². The highest BCUT2D eigenvalue weighted by molar-refractivity contribution is 9.10. The summed E-state index contributed by atoms with van der Waals surface area (Å²) in [5, 5.41) is 0. The Hall–Kier alpha value is -1.32. The van der Waals surface area contributed by atoms with Crippen LogP contribution in [0.4, 0.5) is 0 Å². The number of hydrogen-bond acceptors (Lipinski definition) is 2. The Morgan fingerprint density at radius 2 is 1.80 bits per heavy atom. The van der Waals surface area contributed by atoms with E-state index in [-0.39, 0.29) is 6.04 Å². The molecule has 0 aromatic heterocycles. The van der Waals surface area contributed by atoms with Crippen molar-refractivity contribution in [3.8, 4) is 11.5 Å². The van der Waals surface area contributed by atoms with E-state index in [0.29, 0.717) is 5.92 Å². The average molecular weight is 334 g/mol. The van der Waals surface area contributed by atoms with Crippen molar-refractivity contribution in [2.75, 3.05) is 0 Å². The summed E-state index contributed by atoms with van der Waals surface area (Å²) in [6, 6.07) is 14.1. The van der Waals surface area contributed by atoms with Crippen molar-refractivity contribution in [3.63, 3.8) is 0 Å². The van der Waals surface area contributed by atoms with Gasteiger partial charge in [-0.3, -0.25) is 0 Å². The molecule has 0 aliphatic carbocycles. The van der Waals surface area contributed by atoms with Crippen LogP contribution in [0, 0.1) is 0 Å². The molecule has 2 aromatic carbocycles. The highest BCUT2D eigenvalue weighted by Crippen LogP contribution is 2.33. The fourth-order valence-electron chi connectivity index (χ4n) is 2.05. The molecule has 0 fully saturated rings. The topological polar surface area (TPSA) is 35.2 Å². The summed E-state index contributed by atoms with van der Waals surface area (Å²) in [5.74, 6) is 2.12. The molecule has 2 aromatic rings. The number of nitrogens with two attached hydrogens (primary N) is 1. The lowest BCUT2D eigenvalue weighted by atomic mass is 10.0. The number of rotatable bonds is 4. The number of ether oxygens (including phenoxy) is 1. The van der Waals surface area contributed by atoms with E-state index >= 15 is 0 Å². The summed E-state index contributed by atoms with van der Waals surface area (Å²) in [6.07, 6.45) is 0. The summed E-state index contributed by atoms with van der Waals surface area (Å²) >= 11 is 3.51. The van der Waals surface area contributed by atoms with Crippen molar-refractivity contribution < 1.29 is 4.74 Å². The third-order valence-electron chi connectivity index (χ3n) is 3.21. The number of halogens is 1. The van der Waals surface area contributed by atoms with Crippen molar-refractivity contribution in [1.82, 2.24) is 0 Å². The number of hydrogen-bond donors (Lipinski definition) is 1. The molecule has 2 N–H and O–H groups in total. The predicted octanol–water partition coefficient (Wildman–Crippen LogP) is 5.38. The van der Waals surface area contributed by atoms with Gasteiger partial charge in [0.2, 0.25) is 0 Å². The van der Waals surface area contributed by atoms with Gasteiger partial charge in [-0.2, -0.15) is 0 Å². The van der Waals surface area contributed by atoms with E-state index < -0.39 is 0 Å². The van der Waals surface area contributed by atoms with Gasteiger partial charge in [0, 0.05) is 10.5 Å². The van der Waals surface area contributed by atoms with Crippen molar-refractivity contribution in [2.45, 2.75) is 32.7 Å². The van der Waals surface area contributed by atoms with Gasteiger partial charge in [-0.1, -0.05) is 41.9 Å². The summed E-state index contributed by atoms with van der Waals surface area (Å²) in [5.41, 5.74) is 8.17. The molecule has 0 bridgehead atoms. The van der Waals surface area contributed by atoms with Crippen LogP contribution in [-0.2, 0) is 0 Å². The quantitative estimate of drug-likeness (QED) is 0.814. The van der Waals surface area contributed by atoms with E-state index in [1.165, 1.54) is 5.56 Å². The maximum Gasteiger partial charge on any atom is 0.130 e. The highest BCUT2D eigenvalue weighted by atomic mass is 79.9. The maximum absolute atomic E-state index is 6.04. The molecule has 3 heteroatoms. The van der Waals surface area contributed by atoms with Crippen molar-refractivity contribution in [2.24, 2.45) is 5.73 Å². The normalized spacial score (nSPS) is 12.5. The molecule has 0 amide bonds. The molecule has 2 nitrogen and oxygen atoms in total. The Morgan fingerprint density at radius 1 is 1.05 bits per heavy atom. The van der Waals surface area contributed by atoms with E-state index in [2.05, 4.69) is 35.8 Å². The lowest BCUT2D eigenvalue weighted by Crippen LogP contribution is -2.04. The molecule has 20 heavy (non-hydrogen) atoms. The van der Waals surface area contributed by atoms with E-state index in [1.54, 1.807) is 0 Å². The first kappa shape index (κ1) is 15.1. The first-order chi connectivity index (χ1) is 9.47. The molecule has 2 rings (SSSR count). The second-order valence-electron chi connectivity index (χ2n) is 5.30. The monoisotopic (exact) mass is 333 g/mol. The van der Waals surface area contributed by atoms with Crippen molar-refractivity contribution >= 4 is 15.9 Å². The summed E-state index contributed by atoms with van der Waals surface area (Å²) in [7, 11) is 0. The second-order valence-corrected chi connectivity index (χ2v) is 6.22. The van der Waals surface area contributed by atoms with Crippen LogP contribution in [-0.4, -0.2) is 0 Å². The minimum Gasteiger partial charge on any atom is -0.457 e. The lowest BCUT2D eigenvalue weighted by molar-refractivity contribution is 0.472. The molecule has 0 radical (unpaired) electrons. The highest BCUT2D eigenvalue weighted by Gasteiger charge is 2.10. The molecule has 0 saturated carbocycles. The Kier molecular flexibility index (Phi) is 4.84. The minimum absolute atomic E-state index is 0.00744. The fourth-order valence-corrected chi connectivity index (χ4v) is 2.43. The van der Waals surface area contributed by atoms with Gasteiger partial charge in [-0.25, -0.2) is 0 Å². The van der Waals surface area contributed by atoms with Gasteiger partial charge in [0.25, 0.3) is 0 Å². The lowest BCUT2D eigenvalue weighted by Gasteiger charge is -2.15. The average Bonchev–Trinajstić information content (AvgIpc) is 2.41. The third kappa shape index (κ3) is 3.62. The van der Waals surface area contributed by atoms with Crippen LogP contribution in [0.5, 0.6) is 11.5 Å². The summed E-state index contributed by atoms with van der Waals surface area (Å²) < 4.78 is 7.11. The molecule has 0 saturated heterocycles. The van der Waals surface area contributed by atoms with Crippen LogP contribution in [0.15, 0.2) is 46.9 Å². The molecule has 1 atom stereocenters. The Balaban J connectivity index is 2.32. The van der Waals surface area contributed by atoms with Crippen LogP contribution >= 0.6 is 15.9 Å². The smallest absolute Gasteiger partial charge is 0.130 e. The molecule has 0 spiro atoms. The standard InChI is InChI=1S/C17H20BrNO/c1-11(2)16-10-14(18)7-8-17(16)20-15-6-4-5-13(9-15)12(3)19/h4-12H,19H2,1-3H3. The zero-order valence-electron chi connectivity index (χ0n) is 12.1. The molecule has 1 unspecified atom stereocenters. The molecular weight excluding hydrogens is 314 g/mol. The molecular formula is C17H20BrNO. The van der Waals surface area contributed by atoms with E-state index in [0.717, 1.165) is 21.5 Å². The van der Waals surface area contributed by atoms with Crippen molar-refractivity contribution in [3.05, 3.63) is 58.1 Å². The zero-order chi connectivity index (χ0) is 14.7. The molecule has 106 valence electrons. The summed E-state index contributed by atoms with van der Waals surface area (Å²) in [4.78, 5) is 0. The maximum atomic E-state index is 6.04. The SMILES string of the molecule is CC(C)c1cc(Br)ccc1Oc1cccc(C(C)N)c1. The first-order valence-electron chi connectivity index (χ1n) is 6.80. The Morgan fingerprint density at radius 3 is 2.45 bits per heavy atom. The predicted molar refractivity (Wildman–Crippen MR) is 87.3 cm³/mol. The van der Waals surface area contributed by atoms with E-state index in [4.69, 9.17) is 10.5 Å². The largest absolute Gasteiger partial charge is 0.457 e. The fraction of sp³-hybridized carbons (Fsp3) is 0.294. The van der Waals surface area contributed by atoms with Crippen LogP contribution in [0.1, 0.15) is 43.9 Å². The third-order valence-corrected chi connectivity index (χ3v) is 3.70. The molecule has 0 aliphatic rings. The zero-order valence-corrected chi connectivity index (χ0v) is 13.6. The molecule has 0 heterocycles. The Bertz CT molecular complexity index is 593. The van der Waals surface area contributed by atoms with E-state index in [1.807, 2.05) is 43.3 Å². The minimum atomic E-state index is 0.00744. The number of benzene rings is 2. The van der Waals surface area contributed by atoms with Crippen LogP contribution in [0.25, 0.3) is 0 Å². The van der Waals surface area contributed by atoms with Gasteiger partial charge in [-0.15, -0.1) is 0 Å². The Labute approximate surface area is 129 Å². The van der Waals surface area contributed by atoms with Gasteiger partial charge < -0.3 is 10.5 Å². The first-order valence-corrected chi connectivity index (χ1v) is 7.59. The van der Waals surface area contributed by atoms with Crippen molar-refractivity contribution in [1.29, 1.82) is 0 Å². The second kappa shape index (κ2) is 6.42. The van der Waals surface area contributed by atoms with Gasteiger partial charge in [0.15, 0.2) is 0 Å². The summed E-state index contributed by atoms with van der Waals surface area (Å²) in [6.45, 7) is 6.29. The van der Waals surface area contributed by atoms with Gasteiger partial charge in [-0.05, 0) is 54.3 Å². The van der Waals surface area contributed by atoms with Gasteiger partial charge >= 0.3 is 0 Å². The van der Waals surface area contributed by atoms with Gasteiger partial charge in [0.1, 0.15) is 11.5 Å². The molecule has 0 aliphatic heterocycles. The van der Waals surface area contributed by atoms with E-state index in [9.17, 15) is 0 Å². The van der Waals surface area contributed by atoms with Crippen LogP contribution < -0.4 is 10.5 Å².